The van der Waals surface area contributed by atoms with E-state index < -0.39 is 17.4 Å². The minimum absolute atomic E-state index is 0.0620. The van der Waals surface area contributed by atoms with Gasteiger partial charge in [-0.3, -0.25) is 4.79 Å². The zero-order chi connectivity index (χ0) is 26.4. The van der Waals surface area contributed by atoms with Crippen molar-refractivity contribution in [2.24, 2.45) is 0 Å². The molecule has 0 fully saturated rings. The number of hydrogen-bond acceptors (Lipinski definition) is 2. The molecule has 188 valence electrons. The van der Waals surface area contributed by atoms with Crippen LogP contribution in [0.5, 0.6) is 0 Å². The van der Waals surface area contributed by atoms with Crippen molar-refractivity contribution in [1.29, 1.82) is 0 Å². The zero-order valence-corrected chi connectivity index (χ0v) is 21.0. The van der Waals surface area contributed by atoms with Crippen molar-refractivity contribution in [3.63, 3.8) is 0 Å². The average molecular weight is 500 g/mol. The lowest BCUT2D eigenvalue weighted by Gasteiger charge is -2.36. The zero-order valence-electron chi connectivity index (χ0n) is 21.0. The average Bonchev–Trinajstić information content (AvgIpc) is 2.97. The monoisotopic (exact) mass is 499 g/mol. The van der Waals surface area contributed by atoms with Gasteiger partial charge in [0, 0.05) is 12.8 Å². The van der Waals surface area contributed by atoms with Crippen LogP contribution < -0.4 is 5.32 Å². The van der Waals surface area contributed by atoms with Gasteiger partial charge in [-0.15, -0.1) is 0 Å². The summed E-state index contributed by atoms with van der Waals surface area (Å²) >= 11 is 0. The summed E-state index contributed by atoms with van der Waals surface area (Å²) in [5.41, 5.74) is 2.97. The summed E-state index contributed by atoms with van der Waals surface area (Å²) in [7, 11) is 0. The van der Waals surface area contributed by atoms with Gasteiger partial charge >= 0.3 is 5.97 Å². The van der Waals surface area contributed by atoms with Gasteiger partial charge in [-0.1, -0.05) is 133 Å². The summed E-state index contributed by atoms with van der Waals surface area (Å²) in [5.74, 6) is -1.38. The number of carboxylic acids is 1. The molecule has 1 atom stereocenters. The quantitative estimate of drug-likeness (QED) is 0.231. The van der Waals surface area contributed by atoms with Crippen molar-refractivity contribution in [1.82, 2.24) is 5.32 Å². The fourth-order valence-electron chi connectivity index (χ4n) is 5.26. The minimum atomic E-state index is -1.06. The fourth-order valence-corrected chi connectivity index (χ4v) is 5.26. The van der Waals surface area contributed by atoms with E-state index in [1.165, 1.54) is 0 Å². The number of hydrogen-bond donors (Lipinski definition) is 2. The number of carbonyl (C=O) groups is 2. The summed E-state index contributed by atoms with van der Waals surface area (Å²) in [6.45, 7) is 0. The topological polar surface area (TPSA) is 66.4 Å². The van der Waals surface area contributed by atoms with Gasteiger partial charge in [0.25, 0.3) is 0 Å². The first-order chi connectivity index (χ1) is 18.6. The van der Waals surface area contributed by atoms with Gasteiger partial charge < -0.3 is 10.4 Å². The third-order valence-corrected chi connectivity index (χ3v) is 7.11. The van der Waals surface area contributed by atoms with Crippen LogP contribution in [0.3, 0.4) is 0 Å². The standard InChI is InChI=1S/C34H29NO3/c36-32(35-31(33(37)38)23-25-20-21-26-12-10-11-13-27(26)22-25)24-34(28-14-4-1-5-15-28,29-16-6-2-7-17-29)30-18-8-3-9-19-30/h1-22,31H,23-24H2,(H,35,36)(H,37,38)/t31-/m0/s1. The summed E-state index contributed by atoms with van der Waals surface area (Å²) in [4.78, 5) is 26.0. The number of carboxylic acid groups (broad SMARTS) is 1. The second kappa shape index (κ2) is 11.1. The molecule has 0 aliphatic rings. The first-order valence-electron chi connectivity index (χ1n) is 12.7. The molecule has 0 aliphatic carbocycles. The van der Waals surface area contributed by atoms with Gasteiger partial charge in [0.1, 0.15) is 6.04 Å². The number of fused-ring (bicyclic) bond motifs is 1. The largest absolute Gasteiger partial charge is 0.480 e. The van der Waals surface area contributed by atoms with Crippen LogP contribution in [-0.2, 0) is 21.4 Å². The van der Waals surface area contributed by atoms with E-state index in [1.54, 1.807) is 0 Å². The summed E-state index contributed by atoms with van der Waals surface area (Å²) in [5, 5.41) is 15.0. The molecule has 0 heterocycles. The molecule has 5 aromatic carbocycles. The summed E-state index contributed by atoms with van der Waals surface area (Å²) in [6.07, 6.45) is 0.257. The molecule has 4 nitrogen and oxygen atoms in total. The van der Waals surface area contributed by atoms with Crippen LogP contribution in [0.25, 0.3) is 10.8 Å². The molecule has 2 N–H and O–H groups in total. The van der Waals surface area contributed by atoms with E-state index in [0.717, 1.165) is 33.0 Å². The minimum Gasteiger partial charge on any atom is -0.480 e. The lowest BCUT2D eigenvalue weighted by atomic mass is 9.67. The van der Waals surface area contributed by atoms with Crippen molar-refractivity contribution >= 4 is 22.6 Å². The van der Waals surface area contributed by atoms with Crippen LogP contribution in [0.2, 0.25) is 0 Å². The molecule has 0 spiro atoms. The molecule has 0 unspecified atom stereocenters. The molecule has 38 heavy (non-hydrogen) atoms. The lowest BCUT2D eigenvalue weighted by Crippen LogP contribution is -2.45. The SMILES string of the molecule is O=C(CC(c1ccccc1)(c1ccccc1)c1ccccc1)N[C@@H](Cc1ccc2ccccc2c1)C(=O)O. The maximum Gasteiger partial charge on any atom is 0.326 e. The van der Waals surface area contributed by atoms with Gasteiger partial charge in [-0.25, -0.2) is 4.79 Å². The Morgan fingerprint density at radius 2 is 1.11 bits per heavy atom. The Morgan fingerprint density at radius 3 is 1.61 bits per heavy atom. The van der Waals surface area contributed by atoms with E-state index in [1.807, 2.05) is 133 Å². The van der Waals surface area contributed by atoms with Crippen molar-refractivity contribution in [3.8, 4) is 0 Å². The van der Waals surface area contributed by atoms with Gasteiger partial charge in [0.05, 0.1) is 5.41 Å². The van der Waals surface area contributed by atoms with Crippen molar-refractivity contribution in [3.05, 3.63) is 156 Å². The Labute approximate surface area is 222 Å². The van der Waals surface area contributed by atoms with E-state index in [2.05, 4.69) is 5.32 Å². The van der Waals surface area contributed by atoms with E-state index >= 15 is 0 Å². The number of aliphatic carboxylic acids is 1. The number of amides is 1. The number of carbonyl (C=O) groups excluding carboxylic acids is 1. The molecule has 5 rings (SSSR count). The summed E-state index contributed by atoms with van der Waals surface area (Å²) < 4.78 is 0. The fraction of sp³-hybridized carbons (Fsp3) is 0.118. The molecular formula is C34H29NO3. The van der Waals surface area contributed by atoms with Crippen LogP contribution in [0.15, 0.2) is 133 Å². The molecule has 0 saturated carbocycles. The Morgan fingerprint density at radius 1 is 0.632 bits per heavy atom. The molecule has 0 aliphatic heterocycles. The van der Waals surface area contributed by atoms with E-state index in [4.69, 9.17) is 0 Å². The Hall–Kier alpha value is -4.70. The lowest BCUT2D eigenvalue weighted by molar-refractivity contribution is -0.141. The summed E-state index contributed by atoms with van der Waals surface area (Å²) in [6, 6.07) is 42.6. The smallest absolute Gasteiger partial charge is 0.326 e. The first kappa shape index (κ1) is 25.0. The van der Waals surface area contributed by atoms with Crippen LogP contribution >= 0.6 is 0 Å². The molecule has 4 heteroatoms. The molecule has 0 radical (unpaired) electrons. The molecule has 0 saturated heterocycles. The van der Waals surface area contributed by atoms with Crippen molar-refractivity contribution < 1.29 is 14.7 Å². The predicted octanol–water partition coefficient (Wildman–Crippen LogP) is 6.38. The van der Waals surface area contributed by atoms with Crippen LogP contribution in [0.1, 0.15) is 28.7 Å². The maximum atomic E-state index is 13.7. The number of rotatable bonds is 9. The van der Waals surface area contributed by atoms with E-state index in [9.17, 15) is 14.7 Å². The predicted molar refractivity (Wildman–Crippen MR) is 151 cm³/mol. The third kappa shape index (κ3) is 5.21. The highest BCUT2D eigenvalue weighted by Gasteiger charge is 2.39. The highest BCUT2D eigenvalue weighted by Crippen LogP contribution is 2.42. The molecule has 0 aromatic heterocycles. The normalized spacial score (nSPS) is 12.1. The molecule has 0 bridgehead atoms. The number of benzene rings is 5. The van der Waals surface area contributed by atoms with Crippen LogP contribution in [0, 0.1) is 0 Å². The maximum absolute atomic E-state index is 13.7. The van der Waals surface area contributed by atoms with Gasteiger partial charge in [0.2, 0.25) is 5.91 Å². The second-order valence-electron chi connectivity index (χ2n) is 9.52. The van der Waals surface area contributed by atoms with Crippen LogP contribution in [0.4, 0.5) is 0 Å². The van der Waals surface area contributed by atoms with Crippen molar-refractivity contribution in [2.45, 2.75) is 24.3 Å². The third-order valence-electron chi connectivity index (χ3n) is 7.11. The molecule has 1 amide bonds. The second-order valence-corrected chi connectivity index (χ2v) is 9.52. The Kier molecular flexibility index (Phi) is 7.32. The van der Waals surface area contributed by atoms with Gasteiger partial charge in [-0.05, 0) is 33.0 Å². The van der Waals surface area contributed by atoms with E-state index in [0.29, 0.717) is 0 Å². The number of nitrogens with one attached hydrogen (secondary N) is 1. The highest BCUT2D eigenvalue weighted by atomic mass is 16.4. The van der Waals surface area contributed by atoms with Crippen LogP contribution in [-0.4, -0.2) is 23.0 Å². The van der Waals surface area contributed by atoms with Gasteiger partial charge in [-0.2, -0.15) is 0 Å². The first-order valence-corrected chi connectivity index (χ1v) is 12.7. The molecule has 5 aromatic rings. The highest BCUT2D eigenvalue weighted by molar-refractivity contribution is 5.86. The Balaban J connectivity index is 1.49. The Bertz CT molecular complexity index is 1440. The van der Waals surface area contributed by atoms with E-state index in [-0.39, 0.29) is 18.7 Å². The van der Waals surface area contributed by atoms with Gasteiger partial charge in [0.15, 0.2) is 0 Å². The molecular weight excluding hydrogens is 470 g/mol. The van der Waals surface area contributed by atoms with Crippen molar-refractivity contribution in [2.75, 3.05) is 0 Å².